The second-order valence-corrected chi connectivity index (χ2v) is 6.19. The second-order valence-electron chi connectivity index (χ2n) is 5.00. The van der Waals surface area contributed by atoms with E-state index in [1.165, 1.54) is 17.4 Å². The van der Waals surface area contributed by atoms with Gasteiger partial charge in [-0.2, -0.15) is 5.10 Å². The predicted octanol–water partition coefficient (Wildman–Crippen LogP) is 3.40. The molecule has 0 radical (unpaired) electrons. The fourth-order valence-electron chi connectivity index (χ4n) is 2.15. The van der Waals surface area contributed by atoms with Gasteiger partial charge in [0.1, 0.15) is 10.7 Å². The van der Waals surface area contributed by atoms with E-state index in [1.807, 2.05) is 37.3 Å². The van der Waals surface area contributed by atoms with Gasteiger partial charge >= 0.3 is 0 Å². The molecule has 0 saturated heterocycles. The molecule has 1 aromatic carbocycles. The van der Waals surface area contributed by atoms with E-state index in [-0.39, 0.29) is 5.91 Å². The van der Waals surface area contributed by atoms with Crippen LogP contribution < -0.4 is 5.32 Å². The van der Waals surface area contributed by atoms with Crippen molar-refractivity contribution in [2.24, 2.45) is 0 Å². The average Bonchev–Trinajstić information content (AvgIpc) is 3.16. The van der Waals surface area contributed by atoms with Gasteiger partial charge < -0.3 is 0 Å². The summed E-state index contributed by atoms with van der Waals surface area (Å²) in [6, 6.07) is 9.93. The summed E-state index contributed by atoms with van der Waals surface area (Å²) in [7, 11) is 0. The number of benzene rings is 1. The largest absolute Gasteiger partial charge is 0.297 e. The number of aryl methyl sites for hydroxylation is 1. The van der Waals surface area contributed by atoms with Gasteiger partial charge in [0.25, 0.3) is 0 Å². The first kappa shape index (κ1) is 16.4. The Morgan fingerprint density at radius 1 is 1.38 bits per heavy atom. The van der Waals surface area contributed by atoms with E-state index in [4.69, 9.17) is 11.6 Å². The van der Waals surface area contributed by atoms with E-state index in [0.717, 1.165) is 16.8 Å². The Labute approximate surface area is 147 Å². The van der Waals surface area contributed by atoms with Crippen molar-refractivity contribution in [2.75, 3.05) is 5.32 Å². The van der Waals surface area contributed by atoms with E-state index in [9.17, 15) is 4.79 Å². The van der Waals surface area contributed by atoms with Gasteiger partial charge in [-0.05, 0) is 18.6 Å². The van der Waals surface area contributed by atoms with Crippen LogP contribution in [0.15, 0.2) is 41.9 Å². The van der Waals surface area contributed by atoms with Gasteiger partial charge in [0.2, 0.25) is 11.0 Å². The molecule has 3 rings (SSSR count). The van der Waals surface area contributed by atoms with E-state index >= 15 is 0 Å². The van der Waals surface area contributed by atoms with Crippen molar-refractivity contribution in [1.29, 1.82) is 0 Å². The summed E-state index contributed by atoms with van der Waals surface area (Å²) < 4.78 is 1.72. The van der Waals surface area contributed by atoms with Crippen molar-refractivity contribution in [2.45, 2.75) is 13.5 Å². The van der Waals surface area contributed by atoms with E-state index < -0.39 is 0 Å². The smallest absolute Gasteiger partial charge is 0.250 e. The zero-order chi connectivity index (χ0) is 16.9. The highest BCUT2D eigenvalue weighted by Gasteiger charge is 2.12. The fourth-order valence-corrected chi connectivity index (χ4v) is 2.90. The van der Waals surface area contributed by atoms with Gasteiger partial charge in [-0.3, -0.25) is 10.1 Å². The Morgan fingerprint density at radius 3 is 2.88 bits per heavy atom. The van der Waals surface area contributed by atoms with Crippen LogP contribution in [-0.2, 0) is 11.3 Å². The minimum absolute atomic E-state index is 0.293. The average molecular weight is 360 g/mol. The van der Waals surface area contributed by atoms with Gasteiger partial charge in [0.15, 0.2) is 0 Å². The molecule has 8 heteroatoms. The first-order valence-corrected chi connectivity index (χ1v) is 8.41. The van der Waals surface area contributed by atoms with Gasteiger partial charge in [-0.1, -0.05) is 53.3 Å². The maximum absolute atomic E-state index is 11.9. The van der Waals surface area contributed by atoms with Crippen LogP contribution >= 0.6 is 22.9 Å². The van der Waals surface area contributed by atoms with Crippen LogP contribution in [0.1, 0.15) is 16.8 Å². The number of aromatic nitrogens is 4. The lowest BCUT2D eigenvalue weighted by Gasteiger charge is -2.03. The van der Waals surface area contributed by atoms with Crippen LogP contribution in [0.25, 0.3) is 6.08 Å². The van der Waals surface area contributed by atoms with Gasteiger partial charge in [0.05, 0.1) is 12.2 Å². The normalized spacial score (nSPS) is 11.1. The summed E-state index contributed by atoms with van der Waals surface area (Å²) in [5.41, 5.74) is 4.14. The van der Waals surface area contributed by atoms with Crippen molar-refractivity contribution < 1.29 is 4.79 Å². The number of nitrogens with one attached hydrogen (secondary N) is 1. The molecule has 0 aliphatic rings. The van der Waals surface area contributed by atoms with Crippen molar-refractivity contribution in [1.82, 2.24) is 20.0 Å². The lowest BCUT2D eigenvalue weighted by atomic mass is 10.2. The summed E-state index contributed by atoms with van der Waals surface area (Å²) in [6.45, 7) is 2.43. The lowest BCUT2D eigenvalue weighted by Crippen LogP contribution is -2.07. The Bertz CT molecular complexity index is 858. The van der Waals surface area contributed by atoms with E-state index in [1.54, 1.807) is 16.3 Å². The third kappa shape index (κ3) is 3.87. The maximum Gasteiger partial charge on any atom is 0.250 e. The Balaban J connectivity index is 1.74. The molecule has 0 aliphatic heterocycles. The monoisotopic (exact) mass is 359 g/mol. The number of carbonyl (C=O) groups excluding carboxylic acids is 1. The van der Waals surface area contributed by atoms with Gasteiger partial charge in [-0.25, -0.2) is 4.68 Å². The van der Waals surface area contributed by atoms with Crippen molar-refractivity contribution in [3.05, 3.63) is 63.9 Å². The number of hydrogen-bond donors (Lipinski definition) is 1. The third-order valence-corrected chi connectivity index (χ3v) is 4.28. The minimum atomic E-state index is -0.293. The summed E-state index contributed by atoms with van der Waals surface area (Å²) in [4.78, 5) is 11.9. The molecule has 2 aromatic heterocycles. The Kier molecular flexibility index (Phi) is 5.02. The molecule has 0 fully saturated rings. The molecule has 0 atom stereocenters. The first-order valence-electron chi connectivity index (χ1n) is 7.15. The van der Waals surface area contributed by atoms with Crippen LogP contribution in [0.5, 0.6) is 0 Å². The maximum atomic E-state index is 11.9. The zero-order valence-corrected chi connectivity index (χ0v) is 14.4. The molecule has 1 N–H and O–H groups in total. The molecule has 0 saturated carbocycles. The molecule has 0 aliphatic carbocycles. The van der Waals surface area contributed by atoms with Crippen LogP contribution in [0.2, 0.25) is 5.15 Å². The quantitative estimate of drug-likeness (QED) is 0.708. The number of amides is 1. The molecule has 0 unspecified atom stereocenters. The lowest BCUT2D eigenvalue weighted by molar-refractivity contribution is -0.111. The van der Waals surface area contributed by atoms with E-state index in [0.29, 0.717) is 16.8 Å². The van der Waals surface area contributed by atoms with Gasteiger partial charge in [0, 0.05) is 11.6 Å². The zero-order valence-electron chi connectivity index (χ0n) is 12.8. The minimum Gasteiger partial charge on any atom is -0.297 e. The van der Waals surface area contributed by atoms with Crippen LogP contribution in [0.3, 0.4) is 0 Å². The molecule has 0 bridgehead atoms. The highest BCUT2D eigenvalue weighted by atomic mass is 35.5. The Morgan fingerprint density at radius 2 is 2.17 bits per heavy atom. The molecule has 2 heterocycles. The molecule has 24 heavy (non-hydrogen) atoms. The summed E-state index contributed by atoms with van der Waals surface area (Å²) >= 11 is 7.66. The van der Waals surface area contributed by atoms with Crippen molar-refractivity contribution >= 4 is 40.1 Å². The number of rotatable bonds is 5. The number of anilines is 1. The fraction of sp³-hybridized carbons (Fsp3) is 0.125. The molecular weight excluding hydrogens is 346 g/mol. The molecule has 0 spiro atoms. The molecule has 6 nitrogen and oxygen atoms in total. The predicted molar refractivity (Wildman–Crippen MR) is 95.1 cm³/mol. The van der Waals surface area contributed by atoms with Crippen molar-refractivity contribution in [3.8, 4) is 0 Å². The van der Waals surface area contributed by atoms with E-state index in [2.05, 4.69) is 20.6 Å². The number of nitrogens with zero attached hydrogens (tertiary/aromatic N) is 4. The highest BCUT2D eigenvalue weighted by molar-refractivity contribution is 7.13. The molecule has 122 valence electrons. The number of hydrogen-bond acceptors (Lipinski definition) is 5. The van der Waals surface area contributed by atoms with Crippen LogP contribution in [0.4, 0.5) is 5.13 Å². The summed E-state index contributed by atoms with van der Waals surface area (Å²) in [6.07, 6.45) is 3.06. The topological polar surface area (TPSA) is 72.7 Å². The standard InChI is InChI=1S/C16H14ClN5OS/c1-11-13(7-8-14(23)19-16-20-18-10-24-16)15(17)22(21-11)9-12-5-3-2-4-6-12/h2-8,10H,9H2,1H3,(H,19,20,23)/b8-7+. The number of halogens is 1. The molecular formula is C16H14ClN5OS. The summed E-state index contributed by atoms with van der Waals surface area (Å²) in [5, 5.41) is 15.4. The third-order valence-electron chi connectivity index (χ3n) is 3.28. The number of carbonyl (C=O) groups is 1. The second kappa shape index (κ2) is 7.37. The molecule has 3 aromatic rings. The Hall–Kier alpha value is -2.51. The molecule has 1 amide bonds. The first-order chi connectivity index (χ1) is 11.6. The van der Waals surface area contributed by atoms with Crippen molar-refractivity contribution in [3.63, 3.8) is 0 Å². The van der Waals surface area contributed by atoms with Crippen LogP contribution in [-0.4, -0.2) is 25.9 Å². The summed E-state index contributed by atoms with van der Waals surface area (Å²) in [5.74, 6) is -0.293. The van der Waals surface area contributed by atoms with Gasteiger partial charge in [-0.15, -0.1) is 10.2 Å². The SMILES string of the molecule is Cc1nn(Cc2ccccc2)c(Cl)c1/C=C/C(=O)Nc1nncs1. The van der Waals surface area contributed by atoms with Crippen LogP contribution in [0, 0.1) is 6.92 Å². The highest BCUT2D eigenvalue weighted by Crippen LogP contribution is 2.22.